The number of nitrogens with zero attached hydrogens (tertiary/aromatic N) is 1. The molecule has 2 heteroatoms. The first kappa shape index (κ1) is 11.9. The molecule has 48 valence electrons. The predicted molar refractivity (Wildman–Crippen MR) is 37.7 cm³/mol. The molecule has 0 atom stereocenters. The van der Waals surface area contributed by atoms with Crippen LogP contribution < -0.4 is 18.9 Å². The molecule has 0 aliphatic heterocycles. The molecule has 0 bridgehead atoms. The van der Waals surface area contributed by atoms with E-state index in [4.69, 9.17) is 0 Å². The fourth-order valence-corrected chi connectivity index (χ4v) is 0.563. The zero-order chi connectivity index (χ0) is 6.57. The molecular weight excluding hydrogens is 105 g/mol. The summed E-state index contributed by atoms with van der Waals surface area (Å²) in [6, 6.07) is 0. The van der Waals surface area contributed by atoms with E-state index in [0.717, 1.165) is 6.54 Å². The Labute approximate surface area is 70.3 Å². The van der Waals surface area contributed by atoms with Gasteiger partial charge in [0.25, 0.3) is 0 Å². The first-order valence-electron chi connectivity index (χ1n) is 2.76. The van der Waals surface area contributed by atoms with E-state index in [9.17, 15) is 0 Å². The summed E-state index contributed by atoms with van der Waals surface area (Å²) in [6.45, 7) is 6.74. The van der Waals surface area contributed by atoms with Crippen molar-refractivity contribution >= 4 is 0 Å². The minimum Gasteiger partial charge on any atom is -0.322 e. The van der Waals surface area contributed by atoms with Gasteiger partial charge in [-0.3, -0.25) is 0 Å². The van der Waals surface area contributed by atoms with Crippen molar-refractivity contribution in [1.82, 2.24) is 4.90 Å². The Balaban J connectivity index is 0. The summed E-state index contributed by atoms with van der Waals surface area (Å²) >= 11 is 0. The zero-order valence-corrected chi connectivity index (χ0v) is 6.94. The van der Waals surface area contributed by atoms with Crippen molar-refractivity contribution in [2.45, 2.75) is 6.92 Å². The van der Waals surface area contributed by atoms with Crippen LogP contribution in [0.1, 0.15) is 6.92 Å². The maximum Gasteiger partial charge on any atom is 1.00 e. The van der Waals surface area contributed by atoms with Gasteiger partial charge in [0.2, 0.25) is 0 Å². The molecular formula is C7H14LiN. The average molecular weight is 119 g/mol. The molecule has 0 heterocycles. The minimum absolute atomic E-state index is 0. The fourth-order valence-electron chi connectivity index (χ4n) is 0.563. The van der Waals surface area contributed by atoms with Gasteiger partial charge in [0, 0.05) is 0 Å². The summed E-state index contributed by atoms with van der Waals surface area (Å²) < 4.78 is 0. The van der Waals surface area contributed by atoms with Gasteiger partial charge in [-0.1, -0.05) is 0 Å². The quantitative estimate of drug-likeness (QED) is 0.310. The average Bonchev–Trinajstić information content (AvgIpc) is 1.65. The summed E-state index contributed by atoms with van der Waals surface area (Å²) in [5.41, 5.74) is 1.31. The number of allylic oxidation sites excluding steroid dienone is 1. The molecule has 0 aromatic rings. The van der Waals surface area contributed by atoms with Gasteiger partial charge in [-0.05, 0) is 20.6 Å². The van der Waals surface area contributed by atoms with Crippen LogP contribution in [0.3, 0.4) is 0 Å². The molecule has 0 spiro atoms. The van der Waals surface area contributed by atoms with Gasteiger partial charge in [0.05, 0.1) is 0 Å². The molecule has 0 amide bonds. The fraction of sp³-hybridized carbons (Fsp3) is 0.571. The molecule has 0 rings (SSSR count). The summed E-state index contributed by atoms with van der Waals surface area (Å²) in [4.78, 5) is 2.12. The van der Waals surface area contributed by atoms with E-state index in [0.29, 0.717) is 0 Å². The largest absolute Gasteiger partial charge is 1.00 e. The van der Waals surface area contributed by atoms with E-state index in [1.807, 2.05) is 20.2 Å². The SMILES string of the molecule is [CH2-]/C=C(\C)CN(C)C.[Li+]. The monoisotopic (exact) mass is 119 g/mol. The van der Waals surface area contributed by atoms with Gasteiger partial charge in [0.1, 0.15) is 0 Å². The first-order chi connectivity index (χ1) is 3.66. The van der Waals surface area contributed by atoms with Crippen LogP contribution in [0.5, 0.6) is 0 Å². The second-order valence-electron chi connectivity index (χ2n) is 2.29. The van der Waals surface area contributed by atoms with Crippen LogP contribution >= 0.6 is 0 Å². The molecule has 0 aromatic carbocycles. The Kier molecular flexibility index (Phi) is 8.32. The number of hydrogen-bond donors (Lipinski definition) is 0. The molecule has 0 N–H and O–H groups in total. The molecule has 9 heavy (non-hydrogen) atoms. The summed E-state index contributed by atoms with van der Waals surface area (Å²) in [6.07, 6.45) is 1.89. The molecule has 0 fully saturated rings. The minimum atomic E-state index is 0. The van der Waals surface area contributed by atoms with Crippen LogP contribution in [0, 0.1) is 6.92 Å². The third-order valence-corrected chi connectivity index (χ3v) is 0.914. The predicted octanol–water partition coefficient (Wildman–Crippen LogP) is -1.67. The number of hydrogen-bond acceptors (Lipinski definition) is 1. The van der Waals surface area contributed by atoms with Crippen molar-refractivity contribution in [3.63, 3.8) is 0 Å². The summed E-state index contributed by atoms with van der Waals surface area (Å²) in [5, 5.41) is 0. The van der Waals surface area contributed by atoms with Crippen molar-refractivity contribution in [3.05, 3.63) is 18.6 Å². The Morgan fingerprint density at radius 1 is 1.56 bits per heavy atom. The third kappa shape index (κ3) is 8.17. The van der Waals surface area contributed by atoms with Gasteiger partial charge >= 0.3 is 18.9 Å². The Hall–Kier alpha value is 0.167. The second kappa shape index (κ2) is 6.29. The van der Waals surface area contributed by atoms with Crippen LogP contribution in [0.2, 0.25) is 0 Å². The Morgan fingerprint density at radius 3 is 2.11 bits per heavy atom. The standard InChI is InChI=1S/C7H14N.Li/c1-5-7(2)6-8(3)4;/h5H,1,6H2,2-4H3;/q-1;+1/b7-5+;. The second-order valence-corrected chi connectivity index (χ2v) is 2.29. The topological polar surface area (TPSA) is 3.24 Å². The van der Waals surface area contributed by atoms with Gasteiger partial charge in [-0.15, -0.1) is 6.92 Å². The van der Waals surface area contributed by atoms with Crippen LogP contribution in [0.25, 0.3) is 0 Å². The molecule has 0 aliphatic rings. The maximum absolute atomic E-state index is 3.65. The Bertz CT molecular complexity index is 86.9. The molecule has 0 unspecified atom stereocenters. The van der Waals surface area contributed by atoms with Crippen molar-refractivity contribution in [2.24, 2.45) is 0 Å². The molecule has 0 aliphatic carbocycles. The number of rotatable bonds is 2. The Morgan fingerprint density at radius 2 is 2.00 bits per heavy atom. The van der Waals surface area contributed by atoms with E-state index >= 15 is 0 Å². The molecule has 0 saturated carbocycles. The smallest absolute Gasteiger partial charge is 0.322 e. The van der Waals surface area contributed by atoms with Crippen LogP contribution in [0.15, 0.2) is 11.6 Å². The van der Waals surface area contributed by atoms with Gasteiger partial charge < -0.3 is 4.90 Å². The van der Waals surface area contributed by atoms with Gasteiger partial charge in [-0.25, -0.2) is 18.6 Å². The van der Waals surface area contributed by atoms with Gasteiger partial charge in [-0.2, -0.15) is 0 Å². The molecule has 1 nitrogen and oxygen atoms in total. The van der Waals surface area contributed by atoms with E-state index in [-0.39, 0.29) is 18.9 Å². The van der Waals surface area contributed by atoms with E-state index < -0.39 is 0 Å². The number of likely N-dealkylation sites (N-methyl/N-ethyl adjacent to an activating group) is 1. The van der Waals surface area contributed by atoms with Crippen molar-refractivity contribution in [1.29, 1.82) is 0 Å². The summed E-state index contributed by atoms with van der Waals surface area (Å²) in [5.74, 6) is 0. The van der Waals surface area contributed by atoms with E-state index in [1.54, 1.807) is 0 Å². The zero-order valence-electron chi connectivity index (χ0n) is 6.94. The van der Waals surface area contributed by atoms with Crippen molar-refractivity contribution in [2.75, 3.05) is 20.6 Å². The first-order valence-corrected chi connectivity index (χ1v) is 2.76. The van der Waals surface area contributed by atoms with Crippen LogP contribution in [0.4, 0.5) is 0 Å². The molecule has 0 aromatic heterocycles. The van der Waals surface area contributed by atoms with Crippen LogP contribution in [-0.4, -0.2) is 25.5 Å². The maximum atomic E-state index is 3.65. The van der Waals surface area contributed by atoms with E-state index in [2.05, 4.69) is 18.7 Å². The van der Waals surface area contributed by atoms with Crippen molar-refractivity contribution in [3.8, 4) is 0 Å². The van der Waals surface area contributed by atoms with E-state index in [1.165, 1.54) is 5.57 Å². The normalized spacial score (nSPS) is 11.3. The third-order valence-electron chi connectivity index (χ3n) is 0.914. The molecule has 0 saturated heterocycles. The van der Waals surface area contributed by atoms with Crippen LogP contribution in [-0.2, 0) is 0 Å². The molecule has 0 radical (unpaired) electrons. The van der Waals surface area contributed by atoms with Gasteiger partial charge in [0.15, 0.2) is 0 Å². The summed E-state index contributed by atoms with van der Waals surface area (Å²) in [7, 11) is 4.10. The van der Waals surface area contributed by atoms with Crippen molar-refractivity contribution < 1.29 is 18.9 Å².